The minimum atomic E-state index is -0.0295. The third kappa shape index (κ3) is 7.86. The van der Waals surface area contributed by atoms with Crippen LogP contribution in [0.15, 0.2) is 253 Å². The molecule has 1 saturated heterocycles. The smallest absolute Gasteiger partial charge is 0.0632 e. The third-order valence-corrected chi connectivity index (χ3v) is 17.6. The summed E-state index contributed by atoms with van der Waals surface area (Å²) in [4.78, 5) is 5.36. The van der Waals surface area contributed by atoms with Gasteiger partial charge >= 0.3 is 0 Å². The Balaban J connectivity index is 0.751. The molecule has 5 aliphatic rings. The van der Waals surface area contributed by atoms with Crippen molar-refractivity contribution in [2.45, 2.75) is 88.3 Å². The Kier molecular flexibility index (Phi) is 11.3. The van der Waals surface area contributed by atoms with E-state index in [1.165, 1.54) is 106 Å². The van der Waals surface area contributed by atoms with Gasteiger partial charge in [0.25, 0.3) is 0 Å². The molecule has 0 N–H and O–H groups in total. The maximum Gasteiger partial charge on any atom is 0.0632 e. The van der Waals surface area contributed by atoms with Crippen LogP contribution in [-0.4, -0.2) is 22.7 Å². The van der Waals surface area contributed by atoms with E-state index in [-0.39, 0.29) is 17.4 Å². The van der Waals surface area contributed by atoms with Crippen LogP contribution < -0.4 is 9.80 Å². The molecule has 75 heavy (non-hydrogen) atoms. The predicted molar refractivity (Wildman–Crippen MR) is 315 cm³/mol. The van der Waals surface area contributed by atoms with E-state index in [4.69, 9.17) is 0 Å². The number of hydrogen-bond acceptors (Lipinski definition) is 2. The highest BCUT2D eigenvalue weighted by Crippen LogP contribution is 2.51. The average Bonchev–Trinajstić information content (AvgIpc) is 4.07. The summed E-state index contributed by atoms with van der Waals surface area (Å²) in [7, 11) is 0. The van der Waals surface area contributed by atoms with Crippen molar-refractivity contribution in [2.24, 2.45) is 0 Å². The highest BCUT2D eigenvalue weighted by atomic mass is 15.2. The summed E-state index contributed by atoms with van der Waals surface area (Å²) in [6.07, 6.45) is 21.9. The Hall–Kier alpha value is -8.14. The van der Waals surface area contributed by atoms with Gasteiger partial charge in [0, 0.05) is 50.9 Å². The number of nitrogens with zero attached hydrogens (tertiary/aromatic N) is 3. The maximum atomic E-state index is 2.75. The lowest BCUT2D eigenvalue weighted by Crippen LogP contribution is -2.44. The molecule has 366 valence electrons. The van der Waals surface area contributed by atoms with Crippen molar-refractivity contribution in [1.29, 1.82) is 0 Å². The predicted octanol–water partition coefficient (Wildman–Crippen LogP) is 17.7. The normalized spacial score (nSPS) is 19.6. The van der Waals surface area contributed by atoms with Crippen molar-refractivity contribution in [2.75, 3.05) is 9.80 Å². The van der Waals surface area contributed by atoms with Crippen LogP contribution in [0.25, 0.3) is 44.2 Å². The van der Waals surface area contributed by atoms with Gasteiger partial charge in [-0.05, 0) is 161 Å². The number of aromatic nitrogens is 1. The number of rotatable bonds is 11. The van der Waals surface area contributed by atoms with Crippen molar-refractivity contribution in [1.82, 2.24) is 4.57 Å². The van der Waals surface area contributed by atoms with E-state index in [2.05, 4.69) is 265 Å². The highest BCUT2D eigenvalue weighted by molar-refractivity contribution is 6.09. The zero-order valence-corrected chi connectivity index (χ0v) is 43.1. The van der Waals surface area contributed by atoms with Crippen LogP contribution in [0.2, 0.25) is 0 Å². The first-order valence-corrected chi connectivity index (χ1v) is 27.5. The molecule has 4 unspecified atom stereocenters. The topological polar surface area (TPSA) is 11.4 Å². The molecule has 0 amide bonds. The Morgan fingerprint density at radius 1 is 0.600 bits per heavy atom. The summed E-state index contributed by atoms with van der Waals surface area (Å²) in [6.45, 7) is 4.77. The summed E-state index contributed by atoms with van der Waals surface area (Å²) in [6, 6.07) is 76.4. The van der Waals surface area contributed by atoms with Crippen LogP contribution >= 0.6 is 0 Å². The molecule has 0 bridgehead atoms. The minimum Gasteiger partial charge on any atom is -0.361 e. The van der Waals surface area contributed by atoms with E-state index >= 15 is 0 Å². The molecule has 1 aliphatic heterocycles. The molecule has 4 aliphatic carbocycles. The number of aryl methyl sites for hydroxylation is 1. The molecule has 1 aromatic heterocycles. The average molecular weight is 970 g/mol. The van der Waals surface area contributed by atoms with Crippen molar-refractivity contribution >= 4 is 38.8 Å². The second kappa shape index (κ2) is 18.7. The standard InChI is InChI=1S/C72H63N3/c1-72(2)66-27-15-12-24-60(66)65-46-52(38-45-67(65)72)59(53-37-43-63-61-25-13-16-28-68(61)74(70(63)47-53)55-20-8-4-9-21-55)42-32-49-30-33-50(34-31-49)51-35-39-57(40-36-51)73(54-18-6-3-7-19-54)58-41-44-64-62-26-14-17-29-69(62)75(71(64)48-58)56-22-10-5-11-23-56/h3-28,30-31,33-35,37-38,43-48,57-59,69H,29,32,36,39-42H2,1-2H3. The van der Waals surface area contributed by atoms with Crippen LogP contribution in [0.5, 0.6) is 0 Å². The summed E-state index contributed by atoms with van der Waals surface area (Å²) >= 11 is 0. The highest BCUT2D eigenvalue weighted by Gasteiger charge is 2.41. The first-order valence-electron chi connectivity index (χ1n) is 27.5. The van der Waals surface area contributed by atoms with Crippen molar-refractivity contribution in [3.8, 4) is 16.8 Å². The van der Waals surface area contributed by atoms with E-state index < -0.39 is 0 Å². The van der Waals surface area contributed by atoms with Gasteiger partial charge in [0.05, 0.1) is 23.1 Å². The van der Waals surface area contributed by atoms with E-state index in [9.17, 15) is 0 Å². The number of para-hydroxylation sites is 4. The molecule has 8 aromatic carbocycles. The fourth-order valence-electron chi connectivity index (χ4n) is 13.9. The van der Waals surface area contributed by atoms with Crippen molar-refractivity contribution in [3.05, 3.63) is 287 Å². The number of fused-ring (bicyclic) bond motifs is 9. The fraction of sp³-hybridized carbons (Fsp3) is 0.194. The Bertz CT molecular complexity index is 3790. The molecule has 0 radical (unpaired) electrons. The molecule has 0 spiro atoms. The number of anilines is 2. The quantitative estimate of drug-likeness (QED) is 0.128. The van der Waals surface area contributed by atoms with Crippen molar-refractivity contribution in [3.63, 3.8) is 0 Å². The zero-order valence-electron chi connectivity index (χ0n) is 43.1. The summed E-state index contributed by atoms with van der Waals surface area (Å²) in [5.41, 5.74) is 23.1. The maximum absolute atomic E-state index is 2.75. The molecule has 3 heteroatoms. The monoisotopic (exact) mass is 970 g/mol. The molecule has 1 fully saturated rings. The lowest BCUT2D eigenvalue weighted by Gasteiger charge is -2.42. The molecular weight excluding hydrogens is 907 g/mol. The third-order valence-electron chi connectivity index (χ3n) is 17.6. The van der Waals surface area contributed by atoms with E-state index in [1.807, 2.05) is 0 Å². The van der Waals surface area contributed by atoms with Crippen molar-refractivity contribution < 1.29 is 0 Å². The summed E-state index contributed by atoms with van der Waals surface area (Å²) in [5.74, 6) is 0.207. The molecule has 2 heterocycles. The first-order chi connectivity index (χ1) is 37.0. The molecule has 9 aromatic rings. The van der Waals surface area contributed by atoms with E-state index in [0.717, 1.165) is 44.9 Å². The second-order valence-corrected chi connectivity index (χ2v) is 22.1. The van der Waals surface area contributed by atoms with Crippen LogP contribution in [0, 0.1) is 0 Å². The molecular formula is C72H63N3. The van der Waals surface area contributed by atoms with Crippen LogP contribution in [-0.2, 0) is 11.8 Å². The Morgan fingerprint density at radius 2 is 1.29 bits per heavy atom. The Labute approximate surface area is 442 Å². The van der Waals surface area contributed by atoms with Gasteiger partial charge in [0.2, 0.25) is 0 Å². The second-order valence-electron chi connectivity index (χ2n) is 22.1. The van der Waals surface area contributed by atoms with Gasteiger partial charge in [-0.15, -0.1) is 0 Å². The summed E-state index contributed by atoms with van der Waals surface area (Å²) in [5, 5.41) is 2.58. The van der Waals surface area contributed by atoms with Crippen LogP contribution in [0.4, 0.5) is 11.4 Å². The van der Waals surface area contributed by atoms with Gasteiger partial charge in [0.1, 0.15) is 0 Å². The number of allylic oxidation sites excluding steroid dienone is 4. The molecule has 0 saturated carbocycles. The Morgan fingerprint density at radius 3 is 2.09 bits per heavy atom. The lowest BCUT2D eigenvalue weighted by molar-refractivity contribution is 0.511. The fourth-order valence-corrected chi connectivity index (χ4v) is 13.9. The largest absolute Gasteiger partial charge is 0.361 e. The van der Waals surface area contributed by atoms with Gasteiger partial charge < -0.3 is 14.4 Å². The van der Waals surface area contributed by atoms with Gasteiger partial charge in [-0.3, -0.25) is 0 Å². The molecule has 3 nitrogen and oxygen atoms in total. The summed E-state index contributed by atoms with van der Waals surface area (Å²) < 4.78 is 2.46. The van der Waals surface area contributed by atoms with Gasteiger partial charge in [0.15, 0.2) is 0 Å². The zero-order chi connectivity index (χ0) is 50.0. The minimum absolute atomic E-state index is 0.0295. The number of benzene rings is 8. The SMILES string of the molecule is CC1(C)c2ccccc2-c2cc(C(CCc3ccc(C4=CCC(N(c5ccccc5)C5C=C6C(=CC5)C5=CC=CCC5N6c5ccccc5)CC4)cc3)c3ccc4c5ccccc5n(-c5ccccc5)c4c3)ccc21. The molecule has 4 atom stereocenters. The van der Waals surface area contributed by atoms with Gasteiger partial charge in [-0.25, -0.2) is 0 Å². The molecule has 14 rings (SSSR count). The van der Waals surface area contributed by atoms with Gasteiger partial charge in [-0.1, -0.05) is 196 Å². The number of hydrogen-bond donors (Lipinski definition) is 0. The van der Waals surface area contributed by atoms with Crippen LogP contribution in [0.3, 0.4) is 0 Å². The lowest BCUT2D eigenvalue weighted by atomic mass is 9.80. The van der Waals surface area contributed by atoms with Crippen LogP contribution in [0.1, 0.15) is 91.7 Å². The van der Waals surface area contributed by atoms with E-state index in [1.54, 1.807) is 0 Å². The van der Waals surface area contributed by atoms with E-state index in [0.29, 0.717) is 12.1 Å². The van der Waals surface area contributed by atoms with Gasteiger partial charge in [-0.2, -0.15) is 0 Å². The first kappa shape index (κ1) is 45.5.